The van der Waals surface area contributed by atoms with Gasteiger partial charge in [0.15, 0.2) is 5.16 Å². The van der Waals surface area contributed by atoms with Gasteiger partial charge in [0.1, 0.15) is 0 Å². The molecule has 1 aromatic heterocycles. The van der Waals surface area contributed by atoms with Gasteiger partial charge < -0.3 is 0 Å². The molecular formula is C8H11ClN2S. The van der Waals surface area contributed by atoms with Gasteiger partial charge in [0.05, 0.1) is 0 Å². The predicted octanol–water partition coefficient (Wildman–Crippen LogP) is 2.50. The maximum Gasteiger partial charge on any atom is 0.187 e. The number of rotatable bonds is 3. The lowest BCUT2D eigenvalue weighted by molar-refractivity contribution is 0.940. The Bertz CT molecular complexity index is 237. The van der Waals surface area contributed by atoms with Crippen LogP contribution in [-0.4, -0.2) is 21.1 Å². The Morgan fingerprint density at radius 2 is 2.08 bits per heavy atom. The summed E-state index contributed by atoms with van der Waals surface area (Å²) in [5, 5.41) is 1.17. The minimum atomic E-state index is 0.370. The van der Waals surface area contributed by atoms with Crippen molar-refractivity contribution in [3.05, 3.63) is 18.0 Å². The maximum atomic E-state index is 5.66. The van der Waals surface area contributed by atoms with E-state index in [2.05, 4.69) is 16.9 Å². The highest BCUT2D eigenvalue weighted by Gasteiger charge is 2.03. The summed E-state index contributed by atoms with van der Waals surface area (Å²) in [5.74, 6) is 0.627. The molecule has 0 spiro atoms. The number of halogens is 1. The first-order chi connectivity index (χ1) is 5.72. The molecule has 1 rings (SSSR count). The van der Waals surface area contributed by atoms with Crippen LogP contribution < -0.4 is 0 Å². The summed E-state index contributed by atoms with van der Waals surface area (Å²) in [6.45, 7) is 4.03. The molecule has 0 aromatic carbocycles. The Hall–Kier alpha value is -0.280. The minimum Gasteiger partial charge on any atom is -0.231 e. The van der Waals surface area contributed by atoms with E-state index in [0.717, 1.165) is 10.7 Å². The van der Waals surface area contributed by atoms with E-state index in [4.69, 9.17) is 11.6 Å². The van der Waals surface area contributed by atoms with E-state index in [-0.39, 0.29) is 0 Å². The molecule has 0 aliphatic rings. The van der Waals surface area contributed by atoms with E-state index < -0.39 is 0 Å². The quantitative estimate of drug-likeness (QED) is 0.428. The lowest BCUT2D eigenvalue weighted by atomic mass is 10.4. The number of aromatic nitrogens is 2. The van der Waals surface area contributed by atoms with Crippen LogP contribution >= 0.6 is 23.4 Å². The van der Waals surface area contributed by atoms with Crippen LogP contribution in [0.4, 0.5) is 0 Å². The molecule has 66 valence electrons. The van der Waals surface area contributed by atoms with Crippen LogP contribution in [0.25, 0.3) is 0 Å². The minimum absolute atomic E-state index is 0.370. The van der Waals surface area contributed by atoms with Crippen molar-refractivity contribution in [2.45, 2.75) is 24.3 Å². The molecule has 4 heteroatoms. The largest absolute Gasteiger partial charge is 0.231 e. The van der Waals surface area contributed by atoms with Crippen LogP contribution in [0.5, 0.6) is 0 Å². The standard InChI is InChI=1S/C8H11ClN2S/c1-6-4-10-8(11-5-6)12-7(2)3-9/h4-5,7H,3H2,1-2H3. The molecule has 0 N–H and O–H groups in total. The van der Waals surface area contributed by atoms with Crippen molar-refractivity contribution in [3.63, 3.8) is 0 Å². The first-order valence-corrected chi connectivity index (χ1v) is 5.15. The summed E-state index contributed by atoms with van der Waals surface area (Å²) in [6, 6.07) is 0. The zero-order valence-electron chi connectivity index (χ0n) is 7.12. The van der Waals surface area contributed by atoms with Crippen LogP contribution in [0, 0.1) is 6.92 Å². The molecule has 0 aliphatic heterocycles. The molecular weight excluding hydrogens is 192 g/mol. The predicted molar refractivity (Wildman–Crippen MR) is 52.8 cm³/mol. The van der Waals surface area contributed by atoms with Crippen molar-refractivity contribution in [1.82, 2.24) is 9.97 Å². The van der Waals surface area contributed by atoms with Gasteiger partial charge in [0.2, 0.25) is 0 Å². The van der Waals surface area contributed by atoms with Crippen LogP contribution in [0.1, 0.15) is 12.5 Å². The molecule has 0 fully saturated rings. The average molecular weight is 203 g/mol. The first kappa shape index (κ1) is 9.81. The van der Waals surface area contributed by atoms with Crippen molar-refractivity contribution >= 4 is 23.4 Å². The van der Waals surface area contributed by atoms with E-state index in [1.165, 1.54) is 0 Å². The van der Waals surface area contributed by atoms with E-state index in [1.807, 2.05) is 19.3 Å². The number of alkyl halides is 1. The molecule has 1 atom stereocenters. The summed E-state index contributed by atoms with van der Waals surface area (Å²) in [5.41, 5.74) is 1.08. The number of aryl methyl sites for hydroxylation is 1. The number of thioether (sulfide) groups is 1. The summed E-state index contributed by atoms with van der Waals surface area (Å²) in [6.07, 6.45) is 3.63. The second-order valence-electron chi connectivity index (χ2n) is 2.63. The number of hydrogen-bond donors (Lipinski definition) is 0. The van der Waals surface area contributed by atoms with Crippen molar-refractivity contribution in [2.75, 3.05) is 5.88 Å². The fourth-order valence-corrected chi connectivity index (χ4v) is 1.49. The SMILES string of the molecule is Cc1cnc(SC(C)CCl)nc1. The number of nitrogens with zero attached hydrogens (tertiary/aromatic N) is 2. The van der Waals surface area contributed by atoms with Crippen LogP contribution in [-0.2, 0) is 0 Å². The molecule has 1 aromatic rings. The molecule has 0 radical (unpaired) electrons. The van der Waals surface area contributed by atoms with Gasteiger partial charge in [-0.25, -0.2) is 9.97 Å². The third-order valence-corrected chi connectivity index (χ3v) is 2.92. The third kappa shape index (κ3) is 2.99. The molecule has 12 heavy (non-hydrogen) atoms. The summed E-state index contributed by atoms with van der Waals surface area (Å²) in [7, 11) is 0. The lowest BCUT2D eigenvalue weighted by Gasteiger charge is -2.04. The van der Waals surface area contributed by atoms with E-state index >= 15 is 0 Å². The monoisotopic (exact) mass is 202 g/mol. The van der Waals surface area contributed by atoms with Gasteiger partial charge in [-0.2, -0.15) is 0 Å². The Balaban J connectivity index is 2.58. The van der Waals surface area contributed by atoms with Gasteiger partial charge in [-0.05, 0) is 12.5 Å². The summed E-state index contributed by atoms with van der Waals surface area (Å²) >= 11 is 7.25. The highest BCUT2D eigenvalue weighted by atomic mass is 35.5. The van der Waals surface area contributed by atoms with E-state index in [0.29, 0.717) is 11.1 Å². The molecule has 2 nitrogen and oxygen atoms in total. The van der Waals surface area contributed by atoms with E-state index in [1.54, 1.807) is 11.8 Å². The molecule has 1 heterocycles. The highest BCUT2D eigenvalue weighted by Crippen LogP contribution is 2.19. The second kappa shape index (κ2) is 4.67. The van der Waals surface area contributed by atoms with Gasteiger partial charge in [0.25, 0.3) is 0 Å². The van der Waals surface area contributed by atoms with Gasteiger partial charge >= 0.3 is 0 Å². The zero-order valence-corrected chi connectivity index (χ0v) is 8.69. The molecule has 0 saturated carbocycles. The molecule has 0 bridgehead atoms. The second-order valence-corrected chi connectivity index (χ2v) is 4.34. The Labute approximate surface area is 81.8 Å². The Morgan fingerprint density at radius 1 is 1.50 bits per heavy atom. The van der Waals surface area contributed by atoms with Crippen LogP contribution in [0.15, 0.2) is 17.6 Å². The Kier molecular flexibility index (Phi) is 3.82. The summed E-state index contributed by atoms with van der Waals surface area (Å²) in [4.78, 5) is 8.32. The number of hydrogen-bond acceptors (Lipinski definition) is 3. The van der Waals surface area contributed by atoms with Crippen molar-refractivity contribution in [3.8, 4) is 0 Å². The molecule has 0 saturated heterocycles. The van der Waals surface area contributed by atoms with Crippen molar-refractivity contribution < 1.29 is 0 Å². The van der Waals surface area contributed by atoms with E-state index in [9.17, 15) is 0 Å². The van der Waals surface area contributed by atoms with Crippen LogP contribution in [0.2, 0.25) is 0 Å². The smallest absolute Gasteiger partial charge is 0.187 e. The fourth-order valence-electron chi connectivity index (χ4n) is 0.653. The highest BCUT2D eigenvalue weighted by molar-refractivity contribution is 7.99. The maximum absolute atomic E-state index is 5.66. The first-order valence-electron chi connectivity index (χ1n) is 3.73. The van der Waals surface area contributed by atoms with Gasteiger partial charge in [-0.3, -0.25) is 0 Å². The Morgan fingerprint density at radius 3 is 2.58 bits per heavy atom. The van der Waals surface area contributed by atoms with Crippen molar-refractivity contribution in [2.24, 2.45) is 0 Å². The van der Waals surface area contributed by atoms with Gasteiger partial charge in [0, 0.05) is 23.5 Å². The topological polar surface area (TPSA) is 25.8 Å². The molecule has 0 aliphatic carbocycles. The fraction of sp³-hybridized carbons (Fsp3) is 0.500. The summed E-state index contributed by atoms with van der Waals surface area (Å²) < 4.78 is 0. The normalized spacial score (nSPS) is 12.9. The zero-order chi connectivity index (χ0) is 8.97. The van der Waals surface area contributed by atoms with Gasteiger partial charge in [-0.1, -0.05) is 18.7 Å². The average Bonchev–Trinajstić information content (AvgIpc) is 2.09. The lowest BCUT2D eigenvalue weighted by Crippen LogP contribution is -1.99. The van der Waals surface area contributed by atoms with Crippen molar-refractivity contribution in [1.29, 1.82) is 0 Å². The van der Waals surface area contributed by atoms with Crippen LogP contribution in [0.3, 0.4) is 0 Å². The molecule has 0 amide bonds. The van der Waals surface area contributed by atoms with Gasteiger partial charge in [-0.15, -0.1) is 11.6 Å². The molecule has 1 unspecified atom stereocenters. The third-order valence-electron chi connectivity index (χ3n) is 1.28.